The summed E-state index contributed by atoms with van der Waals surface area (Å²) >= 11 is 0. The molecule has 3 heteroatoms. The first-order valence-electron chi connectivity index (χ1n) is 2.13. The topological polar surface area (TPSA) is 43.1 Å². The molecule has 3 nitrogen and oxygen atoms in total. The highest BCUT2D eigenvalue weighted by Crippen LogP contribution is 1.92. The second-order valence-electron chi connectivity index (χ2n) is 1.34. The molecule has 0 aliphatic heterocycles. The highest BCUT2D eigenvalue weighted by atomic mass is 16.3. The average molecular weight is 110 g/mol. The van der Waals surface area contributed by atoms with E-state index in [1.165, 1.54) is 13.1 Å². The van der Waals surface area contributed by atoms with Crippen LogP contribution in [0.3, 0.4) is 0 Å². The molecule has 0 saturated carbocycles. The number of oxazole rings is 1. The van der Waals surface area contributed by atoms with Gasteiger partial charge in [-0.3, -0.25) is 4.79 Å². The Hall–Kier alpha value is -1.12. The predicted octanol–water partition coefficient (Wildman–Crippen LogP) is 0.677. The lowest BCUT2D eigenvalue weighted by atomic mass is 10.5. The van der Waals surface area contributed by atoms with E-state index in [2.05, 4.69) is 15.7 Å². The molecule has 0 unspecified atom stereocenters. The highest BCUT2D eigenvalue weighted by Gasteiger charge is 2.00. The monoisotopic (exact) mass is 110 g/mol. The Kier molecular flexibility index (Phi) is 1.12. The fourth-order valence-electron chi connectivity index (χ4n) is 0.356. The van der Waals surface area contributed by atoms with Crippen LogP contribution in [0.5, 0.6) is 0 Å². The third kappa shape index (κ3) is 0.753. The zero-order valence-electron chi connectivity index (χ0n) is 4.34. The van der Waals surface area contributed by atoms with Gasteiger partial charge < -0.3 is 4.42 Å². The van der Waals surface area contributed by atoms with Gasteiger partial charge in [-0.25, -0.2) is 4.98 Å². The second-order valence-corrected chi connectivity index (χ2v) is 1.34. The summed E-state index contributed by atoms with van der Waals surface area (Å²) in [5.74, 6) is -0.0590. The Balaban J connectivity index is 2.93. The molecule has 1 rings (SSSR count). The van der Waals surface area contributed by atoms with E-state index >= 15 is 0 Å². The average Bonchev–Trinajstić information content (AvgIpc) is 2.12. The molecule has 0 amide bonds. The molecule has 1 aromatic rings. The van der Waals surface area contributed by atoms with Gasteiger partial charge >= 0.3 is 0 Å². The number of carbonyl (C=O) groups excluding carboxylic acids is 1. The molecule has 0 bridgehead atoms. The molecule has 41 valence electrons. The molecule has 8 heavy (non-hydrogen) atoms. The number of nitrogens with zero attached hydrogens (tertiary/aromatic N) is 1. The van der Waals surface area contributed by atoms with Crippen molar-refractivity contribution in [3.8, 4) is 0 Å². The van der Waals surface area contributed by atoms with Crippen molar-refractivity contribution < 1.29 is 9.21 Å². The van der Waals surface area contributed by atoms with Gasteiger partial charge in [-0.2, -0.15) is 0 Å². The molecule has 0 aliphatic carbocycles. The maximum Gasteiger partial charge on any atom is 0.263 e. The molecule has 0 aliphatic rings. The summed E-state index contributed by atoms with van der Waals surface area (Å²) in [6.07, 6.45) is 3.62. The Morgan fingerprint density at radius 3 is 3.00 bits per heavy atom. The van der Waals surface area contributed by atoms with E-state index in [1.807, 2.05) is 0 Å². The lowest BCUT2D eigenvalue weighted by Gasteiger charge is -1.77. The lowest BCUT2D eigenvalue weighted by molar-refractivity contribution is 0.0980. The number of rotatable bonds is 1. The van der Waals surface area contributed by atoms with Crippen molar-refractivity contribution in [2.45, 2.75) is 6.92 Å². The summed E-state index contributed by atoms with van der Waals surface area (Å²) in [7, 11) is 0. The van der Waals surface area contributed by atoms with Crippen LogP contribution in [0.2, 0.25) is 0 Å². The van der Waals surface area contributed by atoms with Crippen LogP contribution < -0.4 is 0 Å². The predicted molar refractivity (Wildman–Crippen MR) is 25.3 cm³/mol. The van der Waals surface area contributed by atoms with Gasteiger partial charge in [-0.15, -0.1) is 0 Å². The molecule has 0 atom stereocenters. The number of hydrogen-bond donors (Lipinski definition) is 0. The van der Waals surface area contributed by atoms with Gasteiger partial charge in [-0.05, 0) is 0 Å². The van der Waals surface area contributed by atoms with Gasteiger partial charge in [0, 0.05) is 6.92 Å². The van der Waals surface area contributed by atoms with E-state index in [1.54, 1.807) is 0 Å². The van der Waals surface area contributed by atoms with Crippen LogP contribution in [-0.2, 0) is 0 Å². The smallest absolute Gasteiger partial charge is 0.263 e. The van der Waals surface area contributed by atoms with Crippen molar-refractivity contribution in [1.29, 1.82) is 0 Å². The normalized spacial score (nSPS) is 9.12. The molecule has 1 heterocycles. The van der Waals surface area contributed by atoms with E-state index in [0.29, 0.717) is 0 Å². The molecule has 1 radical (unpaired) electrons. The van der Waals surface area contributed by atoms with E-state index in [9.17, 15) is 4.79 Å². The van der Waals surface area contributed by atoms with Crippen LogP contribution in [0.4, 0.5) is 0 Å². The van der Waals surface area contributed by atoms with E-state index in [4.69, 9.17) is 0 Å². The van der Waals surface area contributed by atoms with E-state index < -0.39 is 0 Å². The van der Waals surface area contributed by atoms with Gasteiger partial charge in [0.2, 0.25) is 5.78 Å². The molecule has 0 fully saturated rings. The maximum absolute atomic E-state index is 10.3. The van der Waals surface area contributed by atoms with Gasteiger partial charge in [0.05, 0.1) is 6.20 Å². The Bertz CT molecular complexity index is 178. The van der Waals surface area contributed by atoms with Gasteiger partial charge in [0.15, 0.2) is 6.26 Å². The summed E-state index contributed by atoms with van der Waals surface area (Å²) < 4.78 is 4.51. The van der Waals surface area contributed by atoms with E-state index in [-0.39, 0.29) is 11.7 Å². The molecular formula is C5H4NO2. The second kappa shape index (κ2) is 1.78. The lowest BCUT2D eigenvalue weighted by Crippen LogP contribution is -1.89. The highest BCUT2D eigenvalue weighted by molar-refractivity contribution is 5.89. The zero-order valence-corrected chi connectivity index (χ0v) is 4.34. The first kappa shape index (κ1) is 5.03. The van der Waals surface area contributed by atoms with Crippen molar-refractivity contribution in [1.82, 2.24) is 4.98 Å². The first-order valence-corrected chi connectivity index (χ1v) is 2.13. The number of ketones is 1. The van der Waals surface area contributed by atoms with Crippen LogP contribution in [0, 0.1) is 6.26 Å². The van der Waals surface area contributed by atoms with Crippen molar-refractivity contribution in [3.63, 3.8) is 0 Å². The number of aromatic nitrogens is 1. The SMILES string of the molecule is CC(=O)c1nc[c]o1. The minimum Gasteiger partial charge on any atom is -0.430 e. The van der Waals surface area contributed by atoms with E-state index in [0.717, 1.165) is 0 Å². The molecule has 1 aromatic heterocycles. The van der Waals surface area contributed by atoms with Gasteiger partial charge in [0.1, 0.15) is 0 Å². The van der Waals surface area contributed by atoms with Crippen molar-refractivity contribution in [3.05, 3.63) is 18.4 Å². The minimum absolute atomic E-state index is 0.116. The summed E-state index contributed by atoms with van der Waals surface area (Å²) in [5.41, 5.74) is 0. The fraction of sp³-hybridized carbons (Fsp3) is 0.200. The largest absolute Gasteiger partial charge is 0.430 e. The Labute approximate surface area is 46.3 Å². The Morgan fingerprint density at radius 2 is 2.75 bits per heavy atom. The molecule has 0 aromatic carbocycles. The number of Topliss-reactive ketones (excluding diaryl/α,β-unsaturated/α-hetero) is 1. The van der Waals surface area contributed by atoms with Gasteiger partial charge in [0.25, 0.3) is 5.89 Å². The minimum atomic E-state index is -0.175. The van der Waals surface area contributed by atoms with Crippen LogP contribution in [0.15, 0.2) is 10.6 Å². The van der Waals surface area contributed by atoms with Crippen LogP contribution in [0.25, 0.3) is 0 Å². The van der Waals surface area contributed by atoms with Crippen LogP contribution in [-0.4, -0.2) is 10.8 Å². The van der Waals surface area contributed by atoms with Crippen molar-refractivity contribution in [2.75, 3.05) is 0 Å². The van der Waals surface area contributed by atoms with Crippen molar-refractivity contribution >= 4 is 5.78 Å². The van der Waals surface area contributed by atoms with Crippen molar-refractivity contribution in [2.24, 2.45) is 0 Å². The molecule has 0 saturated heterocycles. The van der Waals surface area contributed by atoms with Crippen LogP contribution >= 0.6 is 0 Å². The molecular weight excluding hydrogens is 106 g/mol. The molecule has 0 N–H and O–H groups in total. The summed E-state index contributed by atoms with van der Waals surface area (Å²) in [6.45, 7) is 1.39. The third-order valence-corrected chi connectivity index (χ3v) is 0.691. The fourth-order valence-corrected chi connectivity index (χ4v) is 0.356. The van der Waals surface area contributed by atoms with Gasteiger partial charge in [-0.1, -0.05) is 0 Å². The number of hydrogen-bond acceptors (Lipinski definition) is 3. The van der Waals surface area contributed by atoms with Crippen LogP contribution in [0.1, 0.15) is 17.6 Å². The standard InChI is InChI=1S/C5H4NO2/c1-4(7)5-6-2-3-8-5/h2H,1H3. The summed E-state index contributed by atoms with van der Waals surface area (Å²) in [5, 5.41) is 0. The summed E-state index contributed by atoms with van der Waals surface area (Å²) in [6, 6.07) is 0. The Morgan fingerprint density at radius 1 is 2.00 bits per heavy atom. The quantitative estimate of drug-likeness (QED) is 0.499. The zero-order chi connectivity index (χ0) is 5.98. The molecule has 0 spiro atoms. The summed E-state index contributed by atoms with van der Waals surface area (Å²) in [4.78, 5) is 13.9. The third-order valence-electron chi connectivity index (χ3n) is 0.691. The maximum atomic E-state index is 10.3. The first-order chi connectivity index (χ1) is 3.80. The number of carbonyl (C=O) groups is 1.